The fourth-order valence-corrected chi connectivity index (χ4v) is 0.798. The van der Waals surface area contributed by atoms with E-state index in [2.05, 4.69) is 14.7 Å². The van der Waals surface area contributed by atoms with Crippen LogP contribution in [0.15, 0.2) is 23.0 Å². The first kappa shape index (κ1) is 5.22. The summed E-state index contributed by atoms with van der Waals surface area (Å²) >= 11 is 0. The third kappa shape index (κ3) is 0.621. The summed E-state index contributed by atoms with van der Waals surface area (Å²) in [6.45, 7) is 0. The van der Waals surface area contributed by atoms with Crippen LogP contribution in [0.4, 0.5) is 5.88 Å². The van der Waals surface area contributed by atoms with Gasteiger partial charge in [0.05, 0.1) is 6.20 Å². The maximum absolute atomic E-state index is 5.33. The Morgan fingerprint density at radius 1 is 1.40 bits per heavy atom. The zero-order valence-corrected chi connectivity index (χ0v) is 5.11. The van der Waals surface area contributed by atoms with Crippen molar-refractivity contribution >= 4 is 5.88 Å². The lowest BCUT2D eigenvalue weighted by Gasteiger charge is -1.93. The lowest BCUT2D eigenvalue weighted by molar-refractivity contribution is 0.421. The highest BCUT2D eigenvalue weighted by molar-refractivity contribution is 5.60. The molecule has 2 aliphatic heterocycles. The molecule has 0 radical (unpaired) electrons. The Bertz CT molecular complexity index is 317. The molecular formula is C6H5N3O. The molecule has 50 valence electrons. The molecule has 0 aromatic rings. The second-order valence-corrected chi connectivity index (χ2v) is 1.98. The van der Waals surface area contributed by atoms with Crippen LogP contribution in [0.25, 0.3) is 11.3 Å². The van der Waals surface area contributed by atoms with E-state index in [1.54, 1.807) is 18.5 Å². The largest absolute Gasteiger partial charge is 0.368 e. The van der Waals surface area contributed by atoms with Gasteiger partial charge in [0, 0.05) is 17.8 Å². The number of nitrogens with zero attached hydrogens (tertiary/aromatic N) is 2. The maximum atomic E-state index is 5.33. The van der Waals surface area contributed by atoms with Crippen LogP contribution in [0, 0.1) is 0 Å². The molecule has 2 heterocycles. The van der Waals surface area contributed by atoms with Crippen molar-refractivity contribution in [2.45, 2.75) is 0 Å². The summed E-state index contributed by atoms with van der Waals surface area (Å²) in [5.41, 5.74) is 6.96. The molecule has 0 saturated carbocycles. The summed E-state index contributed by atoms with van der Waals surface area (Å²) in [5.74, 6) is 0.306. The lowest BCUT2D eigenvalue weighted by atomic mass is 10.3. The van der Waals surface area contributed by atoms with Gasteiger partial charge < -0.3 is 10.3 Å². The minimum Gasteiger partial charge on any atom is -0.368 e. The van der Waals surface area contributed by atoms with Crippen molar-refractivity contribution in [3.8, 4) is 11.3 Å². The van der Waals surface area contributed by atoms with Gasteiger partial charge in [0.1, 0.15) is 5.69 Å². The molecule has 0 spiro atoms. The van der Waals surface area contributed by atoms with E-state index in [0.29, 0.717) is 5.88 Å². The van der Waals surface area contributed by atoms with Crippen molar-refractivity contribution in [3.63, 3.8) is 0 Å². The van der Waals surface area contributed by atoms with Crippen LogP contribution in [-0.2, 0) is 0 Å². The molecule has 0 saturated heterocycles. The van der Waals surface area contributed by atoms with Gasteiger partial charge in [-0.3, -0.25) is 4.98 Å². The summed E-state index contributed by atoms with van der Waals surface area (Å²) in [6, 6.07) is 1.69. The van der Waals surface area contributed by atoms with Crippen molar-refractivity contribution in [1.82, 2.24) is 10.1 Å². The zero-order valence-electron chi connectivity index (χ0n) is 5.11. The molecule has 0 aromatic heterocycles. The fraction of sp³-hybridized carbons (Fsp3) is 0. The third-order valence-corrected chi connectivity index (χ3v) is 1.25. The third-order valence-electron chi connectivity index (χ3n) is 1.25. The first-order valence-electron chi connectivity index (χ1n) is 2.82. The number of nitrogens with two attached hydrogens (primary N) is 1. The summed E-state index contributed by atoms with van der Waals surface area (Å²) in [7, 11) is 0. The van der Waals surface area contributed by atoms with Gasteiger partial charge in [-0.05, 0) is 0 Å². The van der Waals surface area contributed by atoms with Gasteiger partial charge in [0.25, 0.3) is 0 Å². The number of aromatic nitrogens is 2. The van der Waals surface area contributed by atoms with Crippen molar-refractivity contribution in [2.75, 3.05) is 5.73 Å². The second-order valence-electron chi connectivity index (χ2n) is 1.98. The van der Waals surface area contributed by atoms with E-state index in [1.807, 2.05) is 0 Å². The van der Waals surface area contributed by atoms with Crippen LogP contribution in [0.1, 0.15) is 0 Å². The van der Waals surface area contributed by atoms with Crippen LogP contribution in [0.5, 0.6) is 0 Å². The monoisotopic (exact) mass is 135 g/mol. The summed E-state index contributed by atoms with van der Waals surface area (Å²) in [4.78, 5) is 3.86. The van der Waals surface area contributed by atoms with Gasteiger partial charge in [-0.1, -0.05) is 5.16 Å². The minimum atomic E-state index is 0.306. The maximum Gasteiger partial charge on any atom is 0.221 e. The van der Waals surface area contributed by atoms with E-state index in [-0.39, 0.29) is 0 Å². The Balaban J connectivity index is 2.75. The molecule has 0 aromatic carbocycles. The molecular weight excluding hydrogens is 130 g/mol. The highest BCUT2D eigenvalue weighted by Gasteiger charge is 2.04. The molecule has 2 rings (SSSR count). The minimum absolute atomic E-state index is 0.306. The Morgan fingerprint density at radius 2 is 2.30 bits per heavy atom. The predicted molar refractivity (Wildman–Crippen MR) is 35.3 cm³/mol. The normalized spacial score (nSPS) is 10.4. The van der Waals surface area contributed by atoms with Gasteiger partial charge in [-0.2, -0.15) is 0 Å². The first-order valence-corrected chi connectivity index (χ1v) is 2.82. The Labute approximate surface area is 57.0 Å². The van der Waals surface area contributed by atoms with E-state index in [4.69, 9.17) is 5.73 Å². The highest BCUT2D eigenvalue weighted by Crippen LogP contribution is 2.19. The summed E-state index contributed by atoms with van der Waals surface area (Å²) in [5, 5.41) is 3.68. The lowest BCUT2D eigenvalue weighted by Crippen LogP contribution is -1.87. The number of anilines is 1. The molecule has 4 nitrogen and oxygen atoms in total. The SMILES string of the molecule is Nc1cc2cncc-2no1. The fourth-order valence-electron chi connectivity index (χ4n) is 0.798. The first-order chi connectivity index (χ1) is 4.86. The Kier molecular flexibility index (Phi) is 0.887. The van der Waals surface area contributed by atoms with Crippen LogP contribution in [0.2, 0.25) is 0 Å². The standard InChI is InChI=1S/C6H5N3O/c7-6-1-4-2-8-3-5(4)9-10-6/h1-3H,7H2. The van der Waals surface area contributed by atoms with E-state index in [0.717, 1.165) is 11.3 Å². The molecule has 0 amide bonds. The molecule has 2 N–H and O–H groups in total. The predicted octanol–water partition coefficient (Wildman–Crippen LogP) is 0.757. The van der Waals surface area contributed by atoms with E-state index >= 15 is 0 Å². The van der Waals surface area contributed by atoms with Gasteiger partial charge in [0.2, 0.25) is 5.88 Å². The molecule has 4 heteroatoms. The van der Waals surface area contributed by atoms with Crippen LogP contribution < -0.4 is 5.73 Å². The molecule has 0 bridgehead atoms. The van der Waals surface area contributed by atoms with E-state index in [1.165, 1.54) is 0 Å². The van der Waals surface area contributed by atoms with Gasteiger partial charge in [0.15, 0.2) is 0 Å². The van der Waals surface area contributed by atoms with Gasteiger partial charge in [-0.15, -0.1) is 0 Å². The average Bonchev–Trinajstić information content (AvgIpc) is 2.33. The molecule has 0 atom stereocenters. The number of hydrogen-bond acceptors (Lipinski definition) is 4. The van der Waals surface area contributed by atoms with Gasteiger partial charge >= 0.3 is 0 Å². The zero-order chi connectivity index (χ0) is 6.97. The highest BCUT2D eigenvalue weighted by atomic mass is 16.5. The van der Waals surface area contributed by atoms with Crippen molar-refractivity contribution in [3.05, 3.63) is 18.5 Å². The van der Waals surface area contributed by atoms with Crippen LogP contribution >= 0.6 is 0 Å². The number of fused-ring (bicyclic) bond motifs is 1. The smallest absolute Gasteiger partial charge is 0.221 e. The molecule has 0 fully saturated rings. The van der Waals surface area contributed by atoms with Crippen LogP contribution in [0.3, 0.4) is 0 Å². The molecule has 0 aliphatic carbocycles. The quantitative estimate of drug-likeness (QED) is 0.579. The Hall–Kier alpha value is -1.58. The van der Waals surface area contributed by atoms with Crippen molar-refractivity contribution in [2.24, 2.45) is 0 Å². The average molecular weight is 135 g/mol. The Morgan fingerprint density at radius 3 is 3.20 bits per heavy atom. The van der Waals surface area contributed by atoms with Gasteiger partial charge in [-0.25, -0.2) is 0 Å². The van der Waals surface area contributed by atoms with E-state index in [9.17, 15) is 0 Å². The summed E-state index contributed by atoms with van der Waals surface area (Å²) in [6.07, 6.45) is 3.31. The van der Waals surface area contributed by atoms with Crippen molar-refractivity contribution in [1.29, 1.82) is 0 Å². The topological polar surface area (TPSA) is 64.9 Å². The van der Waals surface area contributed by atoms with E-state index < -0.39 is 0 Å². The molecule has 10 heavy (non-hydrogen) atoms. The van der Waals surface area contributed by atoms with Crippen LogP contribution in [-0.4, -0.2) is 10.1 Å². The second kappa shape index (κ2) is 1.70. The molecule has 2 aliphatic rings. The van der Waals surface area contributed by atoms with Crippen molar-refractivity contribution < 1.29 is 4.52 Å². The number of nitrogen functional groups attached to an aromatic ring is 1. The number of hydrogen-bond donors (Lipinski definition) is 1. The summed E-state index contributed by atoms with van der Waals surface area (Å²) < 4.78 is 4.69. The molecule has 0 unspecified atom stereocenters. The number of rotatable bonds is 0.